The fourth-order valence-corrected chi connectivity index (χ4v) is 5.55. The topological polar surface area (TPSA) is 54.4 Å². The van der Waals surface area contributed by atoms with Crippen LogP contribution in [0.5, 0.6) is 11.5 Å². The maximum atomic E-state index is 13.1. The Labute approximate surface area is 222 Å². The van der Waals surface area contributed by atoms with Crippen LogP contribution in [0.15, 0.2) is 46.3 Å². The van der Waals surface area contributed by atoms with E-state index >= 15 is 0 Å². The summed E-state index contributed by atoms with van der Waals surface area (Å²) in [6, 6.07) is 11.8. The highest BCUT2D eigenvalue weighted by Crippen LogP contribution is 2.39. The van der Waals surface area contributed by atoms with Crippen LogP contribution in [0.2, 0.25) is 5.02 Å². The summed E-state index contributed by atoms with van der Waals surface area (Å²) in [6.07, 6.45) is 10.9. The number of carbonyl (C=O) groups is 1. The molecule has 0 spiro atoms. The molecule has 2 aliphatic heterocycles. The number of amides is 1. The van der Waals surface area contributed by atoms with Gasteiger partial charge in [0.05, 0.1) is 22.2 Å². The lowest BCUT2D eigenvalue weighted by molar-refractivity contribution is -0.122. The average Bonchev–Trinajstić information content (AvgIpc) is 3.18. The number of benzene rings is 2. The Hall–Kier alpha value is -3.08. The van der Waals surface area contributed by atoms with E-state index in [0.29, 0.717) is 39.7 Å². The number of halogens is 1. The van der Waals surface area contributed by atoms with Crippen LogP contribution in [0.3, 0.4) is 0 Å². The van der Waals surface area contributed by atoms with E-state index in [1.807, 2.05) is 26.0 Å². The van der Waals surface area contributed by atoms with Crippen molar-refractivity contribution in [3.63, 3.8) is 0 Å². The number of carbonyl (C=O) groups excluding carboxylic acids is 1. The van der Waals surface area contributed by atoms with Gasteiger partial charge in [-0.15, -0.1) is 6.42 Å². The molecule has 4 rings (SSSR count). The minimum Gasteiger partial charge on any atom is -0.490 e. The van der Waals surface area contributed by atoms with Crippen molar-refractivity contribution in [1.29, 1.82) is 0 Å². The molecular formula is C28H30ClN3O3S. The third kappa shape index (κ3) is 6.00. The molecule has 0 saturated carbocycles. The minimum atomic E-state index is -0.0899. The van der Waals surface area contributed by atoms with Crippen molar-refractivity contribution < 1.29 is 14.3 Å². The van der Waals surface area contributed by atoms with Crippen molar-refractivity contribution in [2.24, 2.45) is 4.99 Å². The maximum Gasteiger partial charge on any atom is 0.266 e. The van der Waals surface area contributed by atoms with E-state index < -0.39 is 0 Å². The summed E-state index contributed by atoms with van der Waals surface area (Å²) < 4.78 is 11.3. The molecule has 0 radical (unpaired) electrons. The number of likely N-dealkylation sites (N-methyl/N-ethyl adjacent to an activating group) is 1. The van der Waals surface area contributed by atoms with Gasteiger partial charge in [-0.05, 0) is 92.9 Å². The molecule has 0 aromatic heterocycles. The second kappa shape index (κ2) is 12.2. The Bertz CT molecular complexity index is 1200. The van der Waals surface area contributed by atoms with E-state index in [1.54, 1.807) is 23.1 Å². The fraction of sp³-hybridized carbons (Fsp3) is 0.357. The molecule has 2 aromatic rings. The summed E-state index contributed by atoms with van der Waals surface area (Å²) in [4.78, 5) is 22.6. The first kappa shape index (κ1) is 26.0. The molecule has 0 bridgehead atoms. The van der Waals surface area contributed by atoms with Crippen molar-refractivity contribution >= 4 is 51.9 Å². The van der Waals surface area contributed by atoms with Crippen LogP contribution in [0, 0.1) is 12.3 Å². The minimum absolute atomic E-state index is 0.0822. The lowest BCUT2D eigenvalue weighted by atomic mass is 10.1. The average molecular weight is 524 g/mol. The Kier molecular flexibility index (Phi) is 8.84. The second-order valence-corrected chi connectivity index (χ2v) is 9.79. The van der Waals surface area contributed by atoms with Crippen LogP contribution >= 0.6 is 23.4 Å². The van der Waals surface area contributed by atoms with Gasteiger partial charge < -0.3 is 14.4 Å². The molecule has 0 aliphatic carbocycles. The summed E-state index contributed by atoms with van der Waals surface area (Å²) in [5.74, 6) is 3.22. The summed E-state index contributed by atoms with van der Waals surface area (Å²) in [5.41, 5.74) is 2.77. The van der Waals surface area contributed by atoms with Crippen molar-refractivity contribution in [3.05, 3.63) is 51.9 Å². The predicted molar refractivity (Wildman–Crippen MR) is 150 cm³/mol. The predicted octanol–water partition coefficient (Wildman–Crippen LogP) is 6.36. The van der Waals surface area contributed by atoms with Crippen molar-refractivity contribution in [2.75, 3.05) is 37.7 Å². The van der Waals surface area contributed by atoms with Crippen molar-refractivity contribution in [3.8, 4) is 23.8 Å². The molecule has 36 heavy (non-hydrogen) atoms. The number of hydrogen-bond acceptors (Lipinski definition) is 6. The van der Waals surface area contributed by atoms with Crippen LogP contribution in [-0.2, 0) is 4.79 Å². The quantitative estimate of drug-likeness (QED) is 0.297. The van der Waals surface area contributed by atoms with Gasteiger partial charge in [-0.2, -0.15) is 0 Å². The number of nitrogens with zero attached hydrogens (tertiary/aromatic N) is 3. The van der Waals surface area contributed by atoms with Crippen LogP contribution in [0.1, 0.15) is 38.7 Å². The van der Waals surface area contributed by atoms with Gasteiger partial charge in [-0.25, -0.2) is 4.99 Å². The molecule has 6 nitrogen and oxygen atoms in total. The summed E-state index contributed by atoms with van der Waals surface area (Å²) in [6.45, 7) is 7.06. The number of amidine groups is 1. The molecule has 0 atom stereocenters. The zero-order chi connectivity index (χ0) is 25.5. The van der Waals surface area contributed by atoms with Gasteiger partial charge in [0.25, 0.3) is 5.91 Å². The summed E-state index contributed by atoms with van der Waals surface area (Å²) in [7, 11) is 0. The number of aliphatic imine (C=N–C) groups is 1. The third-order valence-corrected chi connectivity index (χ3v) is 7.22. The Morgan fingerprint density at radius 3 is 2.56 bits per heavy atom. The highest BCUT2D eigenvalue weighted by Gasteiger charge is 2.32. The molecule has 188 valence electrons. The highest BCUT2D eigenvalue weighted by atomic mass is 35.5. The summed E-state index contributed by atoms with van der Waals surface area (Å²) >= 11 is 7.81. The van der Waals surface area contributed by atoms with E-state index in [9.17, 15) is 4.79 Å². The number of piperidine rings is 1. The van der Waals surface area contributed by atoms with Crippen LogP contribution < -0.4 is 14.4 Å². The van der Waals surface area contributed by atoms with Gasteiger partial charge in [0.2, 0.25) is 0 Å². The summed E-state index contributed by atoms with van der Waals surface area (Å²) in [5, 5.41) is 1.03. The van der Waals surface area contributed by atoms with E-state index in [1.165, 1.54) is 36.7 Å². The van der Waals surface area contributed by atoms with Crippen molar-refractivity contribution in [2.45, 2.75) is 33.1 Å². The molecule has 8 heteroatoms. The largest absolute Gasteiger partial charge is 0.490 e. The van der Waals surface area contributed by atoms with Crippen LogP contribution in [0.4, 0.5) is 11.4 Å². The molecular weight excluding hydrogens is 494 g/mol. The van der Waals surface area contributed by atoms with E-state index in [0.717, 1.165) is 24.3 Å². The lowest BCUT2D eigenvalue weighted by Crippen LogP contribution is -2.29. The number of hydrogen-bond donors (Lipinski definition) is 0. The first-order valence-electron chi connectivity index (χ1n) is 12.2. The number of anilines is 1. The third-order valence-electron chi connectivity index (χ3n) is 5.93. The molecule has 1 amide bonds. The van der Waals surface area contributed by atoms with Gasteiger partial charge in [0, 0.05) is 25.3 Å². The van der Waals surface area contributed by atoms with E-state index in [4.69, 9.17) is 32.5 Å². The zero-order valence-corrected chi connectivity index (χ0v) is 22.2. The molecule has 0 unspecified atom stereocenters. The maximum absolute atomic E-state index is 13.1. The zero-order valence-electron chi connectivity index (χ0n) is 20.6. The van der Waals surface area contributed by atoms with Gasteiger partial charge in [0.15, 0.2) is 16.7 Å². The number of thioether (sulfide) groups is 1. The van der Waals surface area contributed by atoms with E-state index in [-0.39, 0.29) is 12.5 Å². The van der Waals surface area contributed by atoms with Gasteiger partial charge >= 0.3 is 0 Å². The second-order valence-electron chi connectivity index (χ2n) is 8.37. The fourth-order valence-electron chi connectivity index (χ4n) is 4.21. The van der Waals surface area contributed by atoms with Gasteiger partial charge in [-0.3, -0.25) is 9.69 Å². The monoisotopic (exact) mass is 523 g/mol. The molecule has 2 aromatic carbocycles. The van der Waals surface area contributed by atoms with Crippen LogP contribution in [0.25, 0.3) is 6.08 Å². The lowest BCUT2D eigenvalue weighted by Gasteiger charge is -2.28. The Morgan fingerprint density at radius 1 is 1.14 bits per heavy atom. The molecule has 2 aliphatic rings. The smallest absolute Gasteiger partial charge is 0.266 e. The molecule has 2 fully saturated rings. The number of terminal acetylenes is 1. The van der Waals surface area contributed by atoms with E-state index in [2.05, 4.69) is 23.0 Å². The SMILES string of the molecule is C#CCOc1c(Cl)cc(/C=C2\SC(=Nc3ccc(N4CCCCC4)cc3)N(CC)C2=O)cc1OCC. The Morgan fingerprint density at radius 2 is 1.89 bits per heavy atom. The number of ether oxygens (including phenoxy) is 2. The molecule has 0 N–H and O–H groups in total. The standard InChI is InChI=1S/C28H30ClN3O3S/c1-4-16-35-26-23(29)17-20(18-24(26)34-6-3)19-25-27(33)32(5-2)28(36-25)30-21-10-12-22(13-11-21)31-14-8-7-9-15-31/h1,10-13,17-19H,5-9,14-16H2,2-3H3/b25-19-,30-28?. The number of rotatable bonds is 8. The normalized spacial score (nSPS) is 18.1. The first-order chi connectivity index (χ1) is 17.5. The Balaban J connectivity index is 1.57. The molecule has 2 heterocycles. The highest BCUT2D eigenvalue weighted by molar-refractivity contribution is 8.18. The molecule has 2 saturated heterocycles. The van der Waals surface area contributed by atoms with Crippen LogP contribution in [-0.4, -0.2) is 48.8 Å². The first-order valence-corrected chi connectivity index (χ1v) is 13.4. The van der Waals surface area contributed by atoms with Gasteiger partial charge in [-0.1, -0.05) is 17.5 Å². The van der Waals surface area contributed by atoms with Crippen molar-refractivity contribution in [1.82, 2.24) is 4.90 Å². The van der Waals surface area contributed by atoms with Gasteiger partial charge in [0.1, 0.15) is 6.61 Å².